The predicted molar refractivity (Wildman–Crippen MR) is 66.6 cm³/mol. The number of hydrogen-bond acceptors (Lipinski definition) is 5. The first-order valence-electron chi connectivity index (χ1n) is 5.56. The lowest BCUT2D eigenvalue weighted by Crippen LogP contribution is -2.53. The van der Waals surface area contributed by atoms with E-state index in [1.54, 1.807) is 0 Å². The highest BCUT2D eigenvalue weighted by Crippen LogP contribution is 2.22. The predicted octanol–water partition coefficient (Wildman–Crippen LogP) is -0.622. The second-order valence-corrected chi connectivity index (χ2v) is 8.97. The summed E-state index contributed by atoms with van der Waals surface area (Å²) in [7, 11) is -6.84. The molecule has 1 aliphatic rings. The van der Waals surface area contributed by atoms with Gasteiger partial charge in [-0.25, -0.2) is 16.8 Å². The van der Waals surface area contributed by atoms with Crippen molar-refractivity contribution >= 4 is 19.9 Å². The molecule has 1 fully saturated rings. The Labute approximate surface area is 103 Å². The Morgan fingerprint density at radius 3 is 2.35 bits per heavy atom. The molecule has 2 atom stereocenters. The fraction of sp³-hybridized carbons (Fsp3) is 1.00. The van der Waals surface area contributed by atoms with Gasteiger partial charge in [0.05, 0.1) is 17.7 Å². The minimum Gasteiger partial charge on any atom is -0.315 e. The average molecular weight is 284 g/mol. The van der Waals surface area contributed by atoms with E-state index < -0.39 is 26.0 Å². The van der Waals surface area contributed by atoms with E-state index in [4.69, 9.17) is 5.73 Å². The second kappa shape index (κ2) is 5.21. The molecule has 2 unspecified atom stereocenters. The Kier molecular flexibility index (Phi) is 4.56. The molecule has 0 amide bonds. The minimum atomic E-state index is -3.57. The SMILES string of the molecule is CC1CCCN(S(=O)(=O)CCS(C)(=O)=O)C1N. The van der Waals surface area contributed by atoms with Crippen LogP contribution in [0.15, 0.2) is 0 Å². The molecule has 0 saturated carbocycles. The van der Waals surface area contributed by atoms with Crippen LogP contribution in [0.3, 0.4) is 0 Å². The fourth-order valence-electron chi connectivity index (χ4n) is 1.87. The summed E-state index contributed by atoms with van der Waals surface area (Å²) in [5.74, 6) is -0.629. The van der Waals surface area contributed by atoms with Crippen molar-refractivity contribution in [3.05, 3.63) is 0 Å². The third-order valence-corrected chi connectivity index (χ3v) is 6.09. The van der Waals surface area contributed by atoms with Gasteiger partial charge in [-0.05, 0) is 18.8 Å². The zero-order valence-electron chi connectivity index (χ0n) is 10.2. The van der Waals surface area contributed by atoms with E-state index >= 15 is 0 Å². The molecule has 0 aromatic carbocycles. The summed E-state index contributed by atoms with van der Waals surface area (Å²) in [6, 6.07) is 0. The number of piperidine rings is 1. The van der Waals surface area contributed by atoms with Crippen molar-refractivity contribution < 1.29 is 16.8 Å². The number of nitrogens with zero attached hydrogens (tertiary/aromatic N) is 1. The van der Waals surface area contributed by atoms with E-state index in [9.17, 15) is 16.8 Å². The first-order valence-corrected chi connectivity index (χ1v) is 9.23. The molecule has 0 bridgehead atoms. The summed E-state index contributed by atoms with van der Waals surface area (Å²) in [6.07, 6.45) is 2.17. The molecule has 6 nitrogen and oxygen atoms in total. The molecule has 0 aromatic rings. The van der Waals surface area contributed by atoms with Gasteiger partial charge in [0.1, 0.15) is 9.84 Å². The molecule has 1 aliphatic heterocycles. The van der Waals surface area contributed by atoms with Crippen LogP contribution in [0.4, 0.5) is 0 Å². The second-order valence-electron chi connectivity index (χ2n) is 4.67. The summed E-state index contributed by atoms with van der Waals surface area (Å²) in [5, 5.41) is 0. The van der Waals surface area contributed by atoms with Crippen LogP contribution in [0.2, 0.25) is 0 Å². The highest BCUT2D eigenvalue weighted by Gasteiger charge is 2.34. The smallest absolute Gasteiger partial charge is 0.216 e. The molecule has 0 spiro atoms. The molecule has 0 aliphatic carbocycles. The van der Waals surface area contributed by atoms with E-state index in [1.165, 1.54) is 4.31 Å². The largest absolute Gasteiger partial charge is 0.315 e. The number of rotatable bonds is 4. The molecule has 17 heavy (non-hydrogen) atoms. The van der Waals surface area contributed by atoms with Crippen molar-refractivity contribution in [1.29, 1.82) is 0 Å². The van der Waals surface area contributed by atoms with Gasteiger partial charge in [0.15, 0.2) is 0 Å². The maximum absolute atomic E-state index is 12.0. The molecular weight excluding hydrogens is 264 g/mol. The van der Waals surface area contributed by atoms with Crippen LogP contribution >= 0.6 is 0 Å². The molecule has 8 heteroatoms. The van der Waals surface area contributed by atoms with Crippen LogP contribution in [0.5, 0.6) is 0 Å². The summed E-state index contributed by atoms with van der Waals surface area (Å²) in [5.41, 5.74) is 5.85. The van der Waals surface area contributed by atoms with E-state index in [2.05, 4.69) is 0 Å². The van der Waals surface area contributed by atoms with Gasteiger partial charge in [0, 0.05) is 12.8 Å². The Bertz CT molecular complexity index is 457. The number of sulfone groups is 1. The van der Waals surface area contributed by atoms with Gasteiger partial charge >= 0.3 is 0 Å². The zero-order valence-corrected chi connectivity index (χ0v) is 11.8. The van der Waals surface area contributed by atoms with E-state index in [1.807, 2.05) is 6.92 Å². The van der Waals surface area contributed by atoms with Gasteiger partial charge in [0.2, 0.25) is 10.0 Å². The molecule has 0 radical (unpaired) electrons. The summed E-state index contributed by atoms with van der Waals surface area (Å²) in [4.78, 5) is 0. The lowest BCUT2D eigenvalue weighted by Gasteiger charge is -2.36. The van der Waals surface area contributed by atoms with E-state index in [0.29, 0.717) is 6.54 Å². The van der Waals surface area contributed by atoms with Crippen molar-refractivity contribution in [2.75, 3.05) is 24.3 Å². The van der Waals surface area contributed by atoms with Crippen molar-refractivity contribution in [2.45, 2.75) is 25.9 Å². The standard InChI is InChI=1S/C9H20N2O4S2/c1-8-4-3-5-11(9(8)10)17(14,15)7-6-16(2,12)13/h8-9H,3-7,10H2,1-2H3. The van der Waals surface area contributed by atoms with Crippen LogP contribution in [-0.4, -0.2) is 51.6 Å². The quantitative estimate of drug-likeness (QED) is 0.742. The van der Waals surface area contributed by atoms with Crippen LogP contribution in [0.1, 0.15) is 19.8 Å². The van der Waals surface area contributed by atoms with Gasteiger partial charge in [0.25, 0.3) is 0 Å². The fourth-order valence-corrected chi connectivity index (χ4v) is 5.15. The topological polar surface area (TPSA) is 97.5 Å². The van der Waals surface area contributed by atoms with Gasteiger partial charge in [-0.3, -0.25) is 0 Å². The van der Waals surface area contributed by atoms with Gasteiger partial charge in [-0.1, -0.05) is 6.92 Å². The van der Waals surface area contributed by atoms with Gasteiger partial charge < -0.3 is 5.73 Å². The van der Waals surface area contributed by atoms with Crippen molar-refractivity contribution in [1.82, 2.24) is 4.31 Å². The Morgan fingerprint density at radius 1 is 1.24 bits per heavy atom. The Hall–Kier alpha value is -0.180. The van der Waals surface area contributed by atoms with Gasteiger partial charge in [-0.15, -0.1) is 0 Å². The number of nitrogens with two attached hydrogens (primary N) is 1. The first kappa shape index (κ1) is 14.9. The zero-order chi connectivity index (χ0) is 13.3. The monoisotopic (exact) mass is 284 g/mol. The van der Waals surface area contributed by atoms with Crippen LogP contribution < -0.4 is 5.73 Å². The average Bonchev–Trinajstić information content (AvgIpc) is 2.18. The minimum absolute atomic E-state index is 0.108. The third kappa shape index (κ3) is 4.20. The van der Waals surface area contributed by atoms with Crippen LogP contribution in [0, 0.1) is 5.92 Å². The summed E-state index contributed by atoms with van der Waals surface area (Å²) in [6.45, 7) is 2.29. The lowest BCUT2D eigenvalue weighted by atomic mass is 9.99. The maximum atomic E-state index is 12.0. The maximum Gasteiger partial charge on any atom is 0.216 e. The first-order chi connectivity index (χ1) is 7.63. The molecule has 1 rings (SSSR count). The van der Waals surface area contributed by atoms with Gasteiger partial charge in [-0.2, -0.15) is 4.31 Å². The number of sulfonamides is 1. The summed E-state index contributed by atoms with van der Waals surface area (Å²) >= 11 is 0. The third-order valence-electron chi connectivity index (χ3n) is 3.02. The molecular formula is C9H20N2O4S2. The molecule has 0 aromatic heterocycles. The van der Waals surface area contributed by atoms with E-state index in [-0.39, 0.29) is 17.4 Å². The molecule has 102 valence electrons. The van der Waals surface area contributed by atoms with Crippen molar-refractivity contribution in [3.63, 3.8) is 0 Å². The highest BCUT2D eigenvalue weighted by molar-refractivity contribution is 7.93. The van der Waals surface area contributed by atoms with Crippen LogP contribution in [0.25, 0.3) is 0 Å². The molecule has 1 heterocycles. The number of hydrogen-bond donors (Lipinski definition) is 1. The molecule has 1 saturated heterocycles. The van der Waals surface area contributed by atoms with Crippen molar-refractivity contribution in [3.8, 4) is 0 Å². The van der Waals surface area contributed by atoms with Crippen LogP contribution in [-0.2, 0) is 19.9 Å². The molecule has 2 N–H and O–H groups in total. The lowest BCUT2D eigenvalue weighted by molar-refractivity contribution is 0.192. The normalized spacial score (nSPS) is 28.2. The Balaban J connectivity index is 2.76. The van der Waals surface area contributed by atoms with Crippen molar-refractivity contribution in [2.24, 2.45) is 11.7 Å². The summed E-state index contributed by atoms with van der Waals surface area (Å²) < 4.78 is 47.2. The van der Waals surface area contributed by atoms with E-state index in [0.717, 1.165) is 19.1 Å². The highest BCUT2D eigenvalue weighted by atomic mass is 32.2. The Morgan fingerprint density at radius 2 is 1.82 bits per heavy atom.